The lowest BCUT2D eigenvalue weighted by Gasteiger charge is -1.99. The molecule has 0 saturated heterocycles. The van der Waals surface area contributed by atoms with E-state index in [2.05, 4.69) is 40.9 Å². The van der Waals surface area contributed by atoms with Crippen LogP contribution < -0.4 is 0 Å². The van der Waals surface area contributed by atoms with Gasteiger partial charge in [-0.25, -0.2) is 4.98 Å². The molecule has 0 aliphatic rings. The number of aryl methyl sites for hydroxylation is 2. The lowest BCUT2D eigenvalue weighted by atomic mass is 10.1. The number of nitrogens with zero attached hydrogens (tertiary/aromatic N) is 2. The monoisotopic (exact) mass is 251 g/mol. The molecule has 0 bridgehead atoms. The summed E-state index contributed by atoms with van der Waals surface area (Å²) in [6.45, 7) is 4.25. The van der Waals surface area contributed by atoms with Gasteiger partial charge in [-0.3, -0.25) is 4.98 Å². The van der Waals surface area contributed by atoms with Crippen molar-refractivity contribution in [3.63, 3.8) is 0 Å². The van der Waals surface area contributed by atoms with E-state index in [1.165, 1.54) is 11.1 Å². The van der Waals surface area contributed by atoms with Gasteiger partial charge in [0.05, 0.1) is 11.0 Å². The molecule has 96 valence electrons. The number of hydrogen-bond acceptors (Lipinski definition) is 2. The average molecular weight is 251 g/mol. The summed E-state index contributed by atoms with van der Waals surface area (Å²) in [7, 11) is 0. The van der Waals surface area contributed by atoms with Crippen molar-refractivity contribution in [1.29, 1.82) is 0 Å². The van der Waals surface area contributed by atoms with Gasteiger partial charge in [0.25, 0.3) is 0 Å². The third-order valence-corrected chi connectivity index (χ3v) is 3.32. The highest BCUT2D eigenvalue weighted by Crippen LogP contribution is 2.21. The first-order chi connectivity index (χ1) is 9.28. The molecule has 3 rings (SSSR count). The van der Waals surface area contributed by atoms with Crippen LogP contribution in [0.15, 0.2) is 36.5 Å². The van der Waals surface area contributed by atoms with E-state index in [1.807, 2.05) is 24.4 Å². The second kappa shape index (κ2) is 4.84. The van der Waals surface area contributed by atoms with Crippen molar-refractivity contribution in [2.75, 3.05) is 0 Å². The largest absolute Gasteiger partial charge is 0.337 e. The van der Waals surface area contributed by atoms with Gasteiger partial charge in [-0.05, 0) is 36.6 Å². The smallest absolute Gasteiger partial charge is 0.157 e. The molecular weight excluding hydrogens is 234 g/mol. The molecule has 0 aliphatic carbocycles. The fourth-order valence-corrected chi connectivity index (χ4v) is 2.30. The first-order valence-corrected chi connectivity index (χ1v) is 6.68. The minimum atomic E-state index is 0.840. The van der Waals surface area contributed by atoms with Crippen LogP contribution in [0, 0.1) is 6.92 Å². The van der Waals surface area contributed by atoms with Crippen LogP contribution in [0.4, 0.5) is 0 Å². The normalized spacial score (nSPS) is 11.1. The summed E-state index contributed by atoms with van der Waals surface area (Å²) in [6, 6.07) is 10.3. The van der Waals surface area contributed by atoms with Gasteiger partial charge in [0.1, 0.15) is 5.69 Å². The van der Waals surface area contributed by atoms with Gasteiger partial charge in [0.15, 0.2) is 5.82 Å². The number of nitrogens with one attached hydrogen (secondary N) is 1. The quantitative estimate of drug-likeness (QED) is 0.767. The number of aromatic amines is 1. The molecule has 19 heavy (non-hydrogen) atoms. The Morgan fingerprint density at radius 2 is 2.05 bits per heavy atom. The molecule has 0 aliphatic heterocycles. The fraction of sp³-hybridized carbons (Fsp3) is 0.250. The summed E-state index contributed by atoms with van der Waals surface area (Å²) in [6.07, 6.45) is 4.16. The molecule has 0 amide bonds. The number of rotatable bonds is 3. The van der Waals surface area contributed by atoms with E-state index < -0.39 is 0 Å². The van der Waals surface area contributed by atoms with Crippen LogP contribution in [0.2, 0.25) is 0 Å². The second-order valence-corrected chi connectivity index (χ2v) is 4.86. The third kappa shape index (κ3) is 2.24. The van der Waals surface area contributed by atoms with E-state index in [1.54, 1.807) is 0 Å². The number of para-hydroxylation sites is 1. The number of aromatic nitrogens is 3. The summed E-state index contributed by atoms with van der Waals surface area (Å²) in [4.78, 5) is 12.5. The molecule has 1 N–H and O–H groups in total. The van der Waals surface area contributed by atoms with Crippen molar-refractivity contribution in [3.05, 3.63) is 47.7 Å². The van der Waals surface area contributed by atoms with E-state index in [9.17, 15) is 0 Å². The summed E-state index contributed by atoms with van der Waals surface area (Å²) in [5.41, 5.74) is 5.45. The maximum atomic E-state index is 4.64. The highest BCUT2D eigenvalue weighted by Gasteiger charge is 2.07. The van der Waals surface area contributed by atoms with Crippen LogP contribution in [0.25, 0.3) is 22.6 Å². The molecule has 2 aromatic heterocycles. The SMILES string of the molecule is CCCc1ccc(-c2nc3c(C)cccc3[nH]2)nc1. The van der Waals surface area contributed by atoms with Gasteiger partial charge < -0.3 is 4.98 Å². The first-order valence-electron chi connectivity index (χ1n) is 6.68. The Bertz CT molecular complexity index is 696. The maximum Gasteiger partial charge on any atom is 0.157 e. The van der Waals surface area contributed by atoms with Gasteiger partial charge in [0.2, 0.25) is 0 Å². The summed E-state index contributed by atoms with van der Waals surface area (Å²) in [5, 5.41) is 0. The average Bonchev–Trinajstić information content (AvgIpc) is 2.85. The molecule has 0 spiro atoms. The molecule has 0 fully saturated rings. The number of pyridine rings is 1. The lowest BCUT2D eigenvalue weighted by Crippen LogP contribution is -1.89. The third-order valence-electron chi connectivity index (χ3n) is 3.32. The van der Waals surface area contributed by atoms with Crippen molar-refractivity contribution < 1.29 is 0 Å². The van der Waals surface area contributed by atoms with Crippen molar-refractivity contribution in [2.24, 2.45) is 0 Å². The Labute approximate surface area is 112 Å². The summed E-state index contributed by atoms with van der Waals surface area (Å²) in [5.74, 6) is 0.840. The van der Waals surface area contributed by atoms with E-state index in [0.29, 0.717) is 0 Å². The Balaban J connectivity index is 2.01. The minimum absolute atomic E-state index is 0.840. The highest BCUT2D eigenvalue weighted by atomic mass is 14.9. The van der Waals surface area contributed by atoms with Gasteiger partial charge in [-0.1, -0.05) is 31.5 Å². The molecule has 0 unspecified atom stereocenters. The predicted octanol–water partition coefficient (Wildman–Crippen LogP) is 3.89. The maximum absolute atomic E-state index is 4.64. The molecule has 0 atom stereocenters. The molecule has 3 aromatic rings. The Hall–Kier alpha value is -2.16. The molecule has 3 nitrogen and oxygen atoms in total. The standard InChI is InChI=1S/C16H17N3/c1-3-5-12-8-9-14(17-10-12)16-18-13-7-4-6-11(2)15(13)19-16/h4,6-10H,3,5H2,1-2H3,(H,18,19). The van der Waals surface area contributed by atoms with Gasteiger partial charge in [-0.15, -0.1) is 0 Å². The Kier molecular flexibility index (Phi) is 3.03. The van der Waals surface area contributed by atoms with Gasteiger partial charge >= 0.3 is 0 Å². The molecule has 0 radical (unpaired) electrons. The van der Waals surface area contributed by atoms with E-state index in [0.717, 1.165) is 35.4 Å². The zero-order valence-corrected chi connectivity index (χ0v) is 11.3. The number of imidazole rings is 1. The predicted molar refractivity (Wildman–Crippen MR) is 78.1 cm³/mol. The van der Waals surface area contributed by atoms with Crippen molar-refractivity contribution >= 4 is 11.0 Å². The van der Waals surface area contributed by atoms with Crippen LogP contribution in [0.1, 0.15) is 24.5 Å². The second-order valence-electron chi connectivity index (χ2n) is 4.86. The topological polar surface area (TPSA) is 41.6 Å². The first kappa shape index (κ1) is 11.9. The zero-order valence-electron chi connectivity index (χ0n) is 11.3. The number of hydrogen-bond donors (Lipinski definition) is 1. The van der Waals surface area contributed by atoms with E-state index in [4.69, 9.17) is 0 Å². The van der Waals surface area contributed by atoms with Gasteiger partial charge in [-0.2, -0.15) is 0 Å². The van der Waals surface area contributed by atoms with Crippen molar-refractivity contribution in [2.45, 2.75) is 26.7 Å². The zero-order chi connectivity index (χ0) is 13.2. The number of H-pyrrole nitrogens is 1. The Morgan fingerprint density at radius 3 is 2.74 bits per heavy atom. The lowest BCUT2D eigenvalue weighted by molar-refractivity contribution is 0.914. The Morgan fingerprint density at radius 1 is 1.16 bits per heavy atom. The molecule has 3 heteroatoms. The van der Waals surface area contributed by atoms with Crippen LogP contribution in [-0.2, 0) is 6.42 Å². The fourth-order valence-electron chi connectivity index (χ4n) is 2.30. The van der Waals surface area contributed by atoms with Crippen LogP contribution in [-0.4, -0.2) is 15.0 Å². The highest BCUT2D eigenvalue weighted by molar-refractivity contribution is 5.81. The van der Waals surface area contributed by atoms with Crippen LogP contribution >= 0.6 is 0 Å². The van der Waals surface area contributed by atoms with Crippen molar-refractivity contribution in [3.8, 4) is 11.5 Å². The van der Waals surface area contributed by atoms with E-state index >= 15 is 0 Å². The summed E-state index contributed by atoms with van der Waals surface area (Å²) < 4.78 is 0. The van der Waals surface area contributed by atoms with Crippen LogP contribution in [0.3, 0.4) is 0 Å². The molecule has 1 aromatic carbocycles. The number of fused-ring (bicyclic) bond motifs is 1. The van der Waals surface area contributed by atoms with E-state index in [-0.39, 0.29) is 0 Å². The van der Waals surface area contributed by atoms with Crippen LogP contribution in [0.5, 0.6) is 0 Å². The molecule has 0 saturated carbocycles. The van der Waals surface area contributed by atoms with Crippen molar-refractivity contribution in [1.82, 2.24) is 15.0 Å². The minimum Gasteiger partial charge on any atom is -0.337 e. The molecule has 2 heterocycles. The molecular formula is C16H17N3. The number of benzene rings is 1. The van der Waals surface area contributed by atoms with Gasteiger partial charge in [0, 0.05) is 6.20 Å². The summed E-state index contributed by atoms with van der Waals surface area (Å²) >= 11 is 0.